The highest BCUT2D eigenvalue weighted by atomic mass is 19.4. The van der Waals surface area contributed by atoms with Gasteiger partial charge in [-0.3, -0.25) is 0 Å². The number of anilines is 2. The van der Waals surface area contributed by atoms with Crippen molar-refractivity contribution in [2.75, 3.05) is 11.5 Å². The highest BCUT2D eigenvalue weighted by molar-refractivity contribution is 5.60. The van der Waals surface area contributed by atoms with Crippen molar-refractivity contribution in [3.8, 4) is 0 Å². The molecule has 2 aliphatic carbocycles. The Labute approximate surface area is 271 Å². The van der Waals surface area contributed by atoms with E-state index in [0.717, 1.165) is 0 Å². The van der Waals surface area contributed by atoms with Crippen LogP contribution in [0.25, 0.3) is 0 Å². The van der Waals surface area contributed by atoms with Crippen molar-refractivity contribution < 1.29 is 52.7 Å². The molecule has 48 heavy (non-hydrogen) atoms. The Morgan fingerprint density at radius 3 is 1.08 bits per heavy atom. The van der Waals surface area contributed by atoms with Gasteiger partial charge in [-0.05, 0) is 110 Å². The van der Waals surface area contributed by atoms with Crippen molar-refractivity contribution in [3.05, 3.63) is 57.6 Å². The van der Waals surface area contributed by atoms with E-state index in [-0.39, 0.29) is 46.5 Å². The molecule has 0 heterocycles. The molecule has 4 rings (SSSR count). The topological polar surface area (TPSA) is 52.0 Å². The van der Waals surface area contributed by atoms with Gasteiger partial charge in [0, 0.05) is 22.5 Å². The molecule has 270 valence electrons. The van der Waals surface area contributed by atoms with Gasteiger partial charge in [0.1, 0.15) is 0 Å². The molecule has 2 aliphatic rings. The molecule has 0 bridgehead atoms. The Hall–Kier alpha value is -2.80. The molecular weight excluding hydrogens is 664 g/mol. The van der Waals surface area contributed by atoms with E-state index in [0.29, 0.717) is 88.5 Å². The Kier molecular flexibility index (Phi) is 10.4. The molecular formula is C34H40F12N2. The van der Waals surface area contributed by atoms with Gasteiger partial charge in [-0.2, -0.15) is 52.7 Å². The molecule has 0 spiro atoms. The summed E-state index contributed by atoms with van der Waals surface area (Å²) in [5, 5.41) is 0. The maximum atomic E-state index is 15.5. The highest BCUT2D eigenvalue weighted by Gasteiger charge is 2.90. The second-order valence-electron chi connectivity index (χ2n) is 13.2. The summed E-state index contributed by atoms with van der Waals surface area (Å²) < 4.78 is 184. The fourth-order valence-electron chi connectivity index (χ4n) is 6.25. The van der Waals surface area contributed by atoms with Gasteiger partial charge in [-0.15, -0.1) is 0 Å². The van der Waals surface area contributed by atoms with Gasteiger partial charge in [-0.25, -0.2) is 0 Å². The van der Waals surface area contributed by atoms with Crippen LogP contribution in [0.3, 0.4) is 0 Å². The van der Waals surface area contributed by atoms with Crippen molar-refractivity contribution in [1.29, 1.82) is 0 Å². The number of hydrogen-bond acceptors (Lipinski definition) is 2. The van der Waals surface area contributed by atoms with E-state index in [9.17, 15) is 0 Å². The average Bonchev–Trinajstić information content (AvgIpc) is 2.95. The molecule has 2 fully saturated rings. The standard InChI is InChI=1S/C34H40F12N2/c1-3-5-9-21-15-23(17-25(27(21)47)19-11-7-12-19)29(35,36)31(39,40)33(43,44)34(45,46)32(41,42)30(37,38)24-16-22(10-6-4-2)28(48)26(18-24)20-13-8-14-20/h15-20H,3-14,47-48H2,1-2H3. The lowest BCUT2D eigenvalue weighted by Gasteiger charge is -2.42. The van der Waals surface area contributed by atoms with Crippen LogP contribution >= 0.6 is 0 Å². The summed E-state index contributed by atoms with van der Waals surface area (Å²) in [5.41, 5.74) is 7.87. The predicted octanol–water partition coefficient (Wildman–Crippen LogP) is 11.5. The molecule has 2 aromatic rings. The molecule has 0 atom stereocenters. The molecule has 0 saturated heterocycles. The van der Waals surface area contributed by atoms with Crippen LogP contribution in [0.2, 0.25) is 0 Å². The fourth-order valence-corrected chi connectivity index (χ4v) is 6.25. The molecule has 0 radical (unpaired) electrons. The maximum absolute atomic E-state index is 15.5. The Morgan fingerprint density at radius 1 is 0.521 bits per heavy atom. The van der Waals surface area contributed by atoms with E-state index >= 15 is 52.7 Å². The van der Waals surface area contributed by atoms with Crippen LogP contribution in [0.15, 0.2) is 24.3 Å². The molecule has 14 heteroatoms. The van der Waals surface area contributed by atoms with Crippen LogP contribution in [0, 0.1) is 0 Å². The summed E-state index contributed by atoms with van der Waals surface area (Å²) in [4.78, 5) is 0. The molecule has 2 saturated carbocycles. The number of hydrogen-bond donors (Lipinski definition) is 2. The number of unbranched alkanes of at least 4 members (excludes halogenated alkanes) is 2. The lowest BCUT2D eigenvalue weighted by molar-refractivity contribution is -0.429. The van der Waals surface area contributed by atoms with Gasteiger partial charge < -0.3 is 11.5 Å². The maximum Gasteiger partial charge on any atom is 0.385 e. The van der Waals surface area contributed by atoms with E-state index in [1.807, 2.05) is 0 Å². The van der Waals surface area contributed by atoms with Crippen molar-refractivity contribution in [2.45, 2.75) is 138 Å². The molecule has 0 amide bonds. The van der Waals surface area contributed by atoms with Crippen molar-refractivity contribution in [3.63, 3.8) is 0 Å². The van der Waals surface area contributed by atoms with Crippen LogP contribution < -0.4 is 11.5 Å². The third kappa shape index (κ3) is 5.90. The van der Waals surface area contributed by atoms with Crippen LogP contribution in [0.5, 0.6) is 0 Å². The van der Waals surface area contributed by atoms with E-state index in [1.54, 1.807) is 13.8 Å². The predicted molar refractivity (Wildman–Crippen MR) is 160 cm³/mol. The van der Waals surface area contributed by atoms with Crippen LogP contribution in [0.4, 0.5) is 64.1 Å². The lowest BCUT2D eigenvalue weighted by atomic mass is 9.76. The van der Waals surface area contributed by atoms with Gasteiger partial charge in [0.25, 0.3) is 0 Å². The number of aryl methyl sites for hydroxylation is 2. The molecule has 0 unspecified atom stereocenters. The summed E-state index contributed by atoms with van der Waals surface area (Å²) >= 11 is 0. The molecule has 4 N–H and O–H groups in total. The number of halogens is 12. The minimum absolute atomic E-state index is 0.0534. The molecule has 2 aromatic carbocycles. The fraction of sp³-hybridized carbons (Fsp3) is 0.647. The van der Waals surface area contributed by atoms with E-state index in [1.165, 1.54) is 0 Å². The first-order chi connectivity index (χ1) is 22.1. The van der Waals surface area contributed by atoms with Crippen LogP contribution in [-0.4, -0.2) is 23.7 Å². The van der Waals surface area contributed by atoms with Crippen LogP contribution in [0.1, 0.15) is 123 Å². The first kappa shape index (κ1) is 38.0. The van der Waals surface area contributed by atoms with Crippen molar-refractivity contribution >= 4 is 11.4 Å². The van der Waals surface area contributed by atoms with Crippen molar-refractivity contribution in [2.24, 2.45) is 0 Å². The largest absolute Gasteiger partial charge is 0.398 e. The lowest BCUT2D eigenvalue weighted by Crippen LogP contribution is -2.69. The van der Waals surface area contributed by atoms with E-state index in [2.05, 4.69) is 0 Å². The quantitative estimate of drug-likeness (QED) is 0.143. The first-order valence-corrected chi connectivity index (χ1v) is 16.2. The van der Waals surface area contributed by atoms with E-state index < -0.39 is 58.5 Å². The number of alkyl halides is 12. The highest BCUT2D eigenvalue weighted by Crippen LogP contribution is 2.64. The summed E-state index contributed by atoms with van der Waals surface area (Å²) in [6, 6.07) is 1.49. The Balaban J connectivity index is 1.80. The molecule has 0 aromatic heterocycles. The summed E-state index contributed by atoms with van der Waals surface area (Å²) in [7, 11) is 0. The zero-order valence-electron chi connectivity index (χ0n) is 26.6. The second-order valence-corrected chi connectivity index (χ2v) is 13.2. The Morgan fingerprint density at radius 2 is 0.833 bits per heavy atom. The van der Waals surface area contributed by atoms with Gasteiger partial charge >= 0.3 is 35.5 Å². The van der Waals surface area contributed by atoms with E-state index in [4.69, 9.17) is 11.5 Å². The number of benzene rings is 2. The molecule has 2 nitrogen and oxygen atoms in total. The first-order valence-electron chi connectivity index (χ1n) is 16.2. The normalized spacial score (nSPS) is 17.4. The minimum Gasteiger partial charge on any atom is -0.398 e. The smallest absolute Gasteiger partial charge is 0.385 e. The summed E-state index contributed by atoms with van der Waals surface area (Å²) in [6.45, 7) is 3.41. The minimum atomic E-state index is -7.69. The third-order valence-electron chi connectivity index (χ3n) is 9.98. The SMILES string of the molecule is CCCCc1cc(C(F)(F)C(F)(F)C(F)(F)C(F)(F)C(F)(F)C(F)(F)c2cc(CCCC)c(N)c(C3CCC3)c2)cc(C2CCC2)c1N. The second kappa shape index (κ2) is 13.2. The average molecular weight is 705 g/mol. The monoisotopic (exact) mass is 704 g/mol. The zero-order chi connectivity index (χ0) is 36.1. The van der Waals surface area contributed by atoms with Crippen LogP contribution in [-0.2, 0) is 24.7 Å². The van der Waals surface area contributed by atoms with Crippen molar-refractivity contribution in [1.82, 2.24) is 0 Å². The van der Waals surface area contributed by atoms with Gasteiger partial charge in [-0.1, -0.05) is 39.5 Å². The molecule has 0 aliphatic heterocycles. The number of nitrogen functional groups attached to an aromatic ring is 2. The Bertz CT molecular complexity index is 1350. The van der Waals surface area contributed by atoms with Gasteiger partial charge in [0.05, 0.1) is 0 Å². The van der Waals surface area contributed by atoms with Gasteiger partial charge in [0.15, 0.2) is 0 Å². The third-order valence-corrected chi connectivity index (χ3v) is 9.98. The summed E-state index contributed by atoms with van der Waals surface area (Å²) in [6.07, 6.45) is 4.29. The summed E-state index contributed by atoms with van der Waals surface area (Å²) in [5.74, 6) is -43.4. The number of rotatable bonds is 15. The zero-order valence-corrected chi connectivity index (χ0v) is 26.6. The number of nitrogens with two attached hydrogens (primary N) is 2. The van der Waals surface area contributed by atoms with Gasteiger partial charge in [0.2, 0.25) is 0 Å².